The second-order valence-electron chi connectivity index (χ2n) is 7.81. The number of ether oxygens (including phenoxy) is 2. The van der Waals surface area contributed by atoms with Gasteiger partial charge in [-0.05, 0) is 24.3 Å². The Morgan fingerprint density at radius 3 is 2.54 bits per heavy atom. The SMILES string of the molecule is CN=[S@](C)(=O)c1cc(NC(=O)[C@@H]2C[C@](OC)(C(F)(F)F)CN2c2ccc(F)c(F)c2OC)ccn1. The molecule has 1 aliphatic rings. The number of benzene rings is 1. The van der Waals surface area contributed by atoms with E-state index in [0.29, 0.717) is 0 Å². The van der Waals surface area contributed by atoms with E-state index in [-0.39, 0.29) is 16.4 Å². The molecule has 3 rings (SSSR count). The summed E-state index contributed by atoms with van der Waals surface area (Å²) >= 11 is 0. The van der Waals surface area contributed by atoms with E-state index in [2.05, 4.69) is 14.7 Å². The van der Waals surface area contributed by atoms with Crippen molar-refractivity contribution in [3.63, 3.8) is 0 Å². The Morgan fingerprint density at radius 2 is 1.97 bits per heavy atom. The summed E-state index contributed by atoms with van der Waals surface area (Å²) < 4.78 is 96.2. The summed E-state index contributed by atoms with van der Waals surface area (Å²) in [6.45, 7) is -0.883. The van der Waals surface area contributed by atoms with Crippen molar-refractivity contribution in [2.24, 2.45) is 4.36 Å². The van der Waals surface area contributed by atoms with Gasteiger partial charge in [-0.2, -0.15) is 17.6 Å². The van der Waals surface area contributed by atoms with E-state index in [4.69, 9.17) is 9.47 Å². The van der Waals surface area contributed by atoms with E-state index in [1.54, 1.807) is 0 Å². The Bertz CT molecular complexity index is 1250. The second kappa shape index (κ2) is 9.57. The minimum absolute atomic E-state index is 0.0601. The zero-order valence-electron chi connectivity index (χ0n) is 19.2. The predicted molar refractivity (Wildman–Crippen MR) is 118 cm³/mol. The zero-order valence-corrected chi connectivity index (χ0v) is 20.0. The van der Waals surface area contributed by atoms with Crippen LogP contribution < -0.4 is 15.0 Å². The van der Waals surface area contributed by atoms with Gasteiger partial charge < -0.3 is 19.7 Å². The highest BCUT2D eigenvalue weighted by atomic mass is 32.2. The molecule has 1 fully saturated rings. The summed E-state index contributed by atoms with van der Waals surface area (Å²) in [5, 5.41) is 2.54. The van der Waals surface area contributed by atoms with Crippen molar-refractivity contribution in [1.29, 1.82) is 0 Å². The monoisotopic (exact) mass is 522 g/mol. The first-order valence-electron chi connectivity index (χ1n) is 10.1. The fourth-order valence-corrected chi connectivity index (χ4v) is 4.57. The van der Waals surface area contributed by atoms with E-state index < -0.39 is 63.8 Å². The van der Waals surface area contributed by atoms with E-state index in [9.17, 15) is 31.0 Å². The van der Waals surface area contributed by atoms with Gasteiger partial charge in [0.05, 0.1) is 29.1 Å². The average Bonchev–Trinajstić information content (AvgIpc) is 3.22. The van der Waals surface area contributed by atoms with Crippen LogP contribution in [-0.4, -0.2) is 67.0 Å². The number of halogens is 5. The van der Waals surface area contributed by atoms with Crippen molar-refractivity contribution >= 4 is 27.0 Å². The fraction of sp³-hybridized carbons (Fsp3) is 0.429. The molecule has 1 saturated heterocycles. The maximum Gasteiger partial charge on any atom is 0.419 e. The standard InChI is InChI=1S/C21H23F5N4O4S/c1-27-35(4,32)16-9-12(7-8-28-16)29-19(31)15-10-20(34-3,21(24,25)26)11-30(15)14-6-5-13(22)17(23)18(14)33-2/h5-9,15H,10-11H2,1-4H3,(H,28,29,31)/t15-,20+,35+/m0/s1. The number of hydrogen-bond donors (Lipinski definition) is 1. The van der Waals surface area contributed by atoms with E-state index in [1.165, 1.54) is 31.6 Å². The lowest BCUT2D eigenvalue weighted by molar-refractivity contribution is -0.261. The smallest absolute Gasteiger partial charge is 0.419 e. The van der Waals surface area contributed by atoms with E-state index >= 15 is 0 Å². The quantitative estimate of drug-likeness (QED) is 0.583. The highest BCUT2D eigenvalue weighted by Crippen LogP contribution is 2.47. The lowest BCUT2D eigenvalue weighted by atomic mass is 9.99. The van der Waals surface area contributed by atoms with E-state index in [0.717, 1.165) is 31.3 Å². The maximum atomic E-state index is 14.4. The molecule has 14 heteroatoms. The number of methoxy groups -OCH3 is 2. The molecule has 1 N–H and O–H groups in total. The highest BCUT2D eigenvalue weighted by Gasteiger charge is 2.63. The van der Waals surface area contributed by atoms with Gasteiger partial charge in [-0.15, -0.1) is 0 Å². The third-order valence-electron chi connectivity index (χ3n) is 5.82. The minimum atomic E-state index is -4.89. The Kier molecular flexibility index (Phi) is 7.27. The zero-order chi connectivity index (χ0) is 26.2. The first kappa shape index (κ1) is 26.6. The average molecular weight is 522 g/mol. The minimum Gasteiger partial charge on any atom is -0.491 e. The van der Waals surface area contributed by atoms with Crippen LogP contribution in [0.3, 0.4) is 0 Å². The molecule has 35 heavy (non-hydrogen) atoms. The van der Waals surface area contributed by atoms with Crippen LogP contribution in [0.2, 0.25) is 0 Å². The highest BCUT2D eigenvalue weighted by molar-refractivity contribution is 7.92. The van der Waals surface area contributed by atoms with Gasteiger partial charge in [-0.1, -0.05) is 0 Å². The lowest BCUT2D eigenvalue weighted by Crippen LogP contribution is -2.49. The number of anilines is 2. The molecule has 1 amide bonds. The molecular weight excluding hydrogens is 499 g/mol. The van der Waals surface area contributed by atoms with Crippen LogP contribution >= 0.6 is 0 Å². The van der Waals surface area contributed by atoms with Crippen LogP contribution in [0.1, 0.15) is 6.42 Å². The normalized spacial score (nSPS) is 22.0. The summed E-state index contributed by atoms with van der Waals surface area (Å²) in [5.41, 5.74) is -2.92. The first-order valence-corrected chi connectivity index (χ1v) is 12.0. The molecule has 3 atom stereocenters. The van der Waals surface area contributed by atoms with Crippen molar-refractivity contribution in [1.82, 2.24) is 4.98 Å². The van der Waals surface area contributed by atoms with Gasteiger partial charge in [0.2, 0.25) is 11.7 Å². The molecule has 0 aliphatic carbocycles. The summed E-state index contributed by atoms with van der Waals surface area (Å²) in [5.74, 6) is -4.23. The Balaban J connectivity index is 2.06. The van der Waals surface area contributed by atoms with Gasteiger partial charge in [0.15, 0.2) is 17.2 Å². The summed E-state index contributed by atoms with van der Waals surface area (Å²) in [6, 6.07) is 2.88. The molecule has 8 nitrogen and oxygen atoms in total. The predicted octanol–water partition coefficient (Wildman–Crippen LogP) is 3.62. The largest absolute Gasteiger partial charge is 0.491 e. The molecule has 0 saturated carbocycles. The molecule has 2 heterocycles. The number of pyridine rings is 1. The van der Waals surface area contributed by atoms with Gasteiger partial charge in [0.1, 0.15) is 11.1 Å². The Labute approximate surface area is 198 Å². The van der Waals surface area contributed by atoms with Gasteiger partial charge in [0, 0.05) is 38.7 Å². The van der Waals surface area contributed by atoms with Gasteiger partial charge in [-0.3, -0.25) is 4.79 Å². The van der Waals surface area contributed by atoms with Crippen molar-refractivity contribution in [2.45, 2.75) is 29.3 Å². The number of aromatic nitrogens is 1. The number of nitrogens with one attached hydrogen (secondary N) is 1. The first-order chi connectivity index (χ1) is 16.3. The third-order valence-corrected chi connectivity index (χ3v) is 7.51. The molecule has 1 aromatic heterocycles. The fourth-order valence-electron chi connectivity index (χ4n) is 3.78. The third kappa shape index (κ3) is 4.89. The molecule has 192 valence electrons. The Hall–Kier alpha value is -3.00. The number of hydrogen-bond acceptors (Lipinski definition) is 7. The van der Waals surface area contributed by atoms with Crippen molar-refractivity contribution in [2.75, 3.05) is 44.3 Å². The summed E-state index contributed by atoms with van der Waals surface area (Å²) in [4.78, 5) is 18.1. The molecule has 1 aliphatic heterocycles. The number of alkyl halides is 3. The van der Waals surface area contributed by atoms with Crippen LogP contribution in [0.25, 0.3) is 0 Å². The number of carbonyl (C=O) groups is 1. The summed E-state index contributed by atoms with van der Waals surface area (Å²) in [6.07, 6.45) is -3.13. The molecule has 0 bridgehead atoms. The Morgan fingerprint density at radius 1 is 1.29 bits per heavy atom. The van der Waals surface area contributed by atoms with E-state index in [1.807, 2.05) is 0 Å². The van der Waals surface area contributed by atoms with Crippen LogP contribution in [-0.2, 0) is 19.3 Å². The molecular formula is C21H23F5N4O4S. The van der Waals surface area contributed by atoms with Crippen molar-refractivity contribution in [3.8, 4) is 5.75 Å². The molecule has 0 unspecified atom stereocenters. The van der Waals surface area contributed by atoms with Crippen molar-refractivity contribution in [3.05, 3.63) is 42.1 Å². The lowest BCUT2D eigenvalue weighted by Gasteiger charge is -2.31. The topological polar surface area (TPSA) is 93.1 Å². The van der Waals surface area contributed by atoms with Crippen LogP contribution in [0.5, 0.6) is 5.75 Å². The van der Waals surface area contributed by atoms with Crippen LogP contribution in [0.4, 0.5) is 33.3 Å². The number of nitrogens with zero attached hydrogens (tertiary/aromatic N) is 3. The maximum absolute atomic E-state index is 14.4. The molecule has 2 aromatic rings. The molecule has 1 aromatic carbocycles. The van der Waals surface area contributed by atoms with Crippen LogP contribution in [0.15, 0.2) is 39.9 Å². The van der Waals surface area contributed by atoms with Gasteiger partial charge in [-0.25, -0.2) is 17.9 Å². The number of amides is 1. The summed E-state index contributed by atoms with van der Waals surface area (Å²) in [7, 11) is 0.370. The second-order valence-corrected chi connectivity index (χ2v) is 10.2. The number of rotatable bonds is 6. The molecule has 0 radical (unpaired) electrons. The van der Waals surface area contributed by atoms with Crippen LogP contribution in [0, 0.1) is 11.6 Å². The van der Waals surface area contributed by atoms with Gasteiger partial charge >= 0.3 is 6.18 Å². The van der Waals surface area contributed by atoms with Gasteiger partial charge in [0.25, 0.3) is 0 Å². The van der Waals surface area contributed by atoms with Crippen molar-refractivity contribution < 1.29 is 40.4 Å². The molecule has 0 spiro atoms. The number of carbonyl (C=O) groups excluding carboxylic acids is 1.